The van der Waals surface area contributed by atoms with E-state index < -0.39 is 11.9 Å². The zero-order valence-electron chi connectivity index (χ0n) is 11.0. The van der Waals surface area contributed by atoms with Gasteiger partial charge in [-0.1, -0.05) is 12.1 Å². The lowest BCUT2D eigenvalue weighted by molar-refractivity contribution is -0.138. The van der Waals surface area contributed by atoms with Crippen molar-refractivity contribution in [3.05, 3.63) is 40.7 Å². The number of aliphatic carboxylic acids is 1. The number of nitrogens with one attached hydrogen (secondary N) is 1. The van der Waals surface area contributed by atoms with Crippen LogP contribution in [-0.4, -0.2) is 21.0 Å². The molecule has 3 rings (SSSR count). The van der Waals surface area contributed by atoms with Gasteiger partial charge in [0.2, 0.25) is 0 Å². The van der Waals surface area contributed by atoms with Gasteiger partial charge >= 0.3 is 5.97 Å². The van der Waals surface area contributed by atoms with Crippen LogP contribution in [0.2, 0.25) is 0 Å². The molecular weight excluding hydrogens is 240 g/mol. The average molecular weight is 256 g/mol. The largest absolute Gasteiger partial charge is 0.481 e. The number of benzene rings is 1. The van der Waals surface area contributed by atoms with Crippen molar-refractivity contribution in [3.8, 4) is 11.4 Å². The molecule has 0 bridgehead atoms. The van der Waals surface area contributed by atoms with Gasteiger partial charge in [0.1, 0.15) is 11.7 Å². The number of nitrogens with zero attached hydrogens (tertiary/aromatic N) is 1. The lowest BCUT2D eigenvalue weighted by atomic mass is 10.1. The summed E-state index contributed by atoms with van der Waals surface area (Å²) >= 11 is 0. The standard InChI is InChI=1S/C15H16N2O2/c1-8-3-4-10(7-9(8)2)14-16-12-6-5-11(15(18)19)13(12)17-14/h3-4,7,11H,5-6H2,1-2H3,(H,16,17)(H,18,19). The molecule has 0 radical (unpaired) electrons. The monoisotopic (exact) mass is 256 g/mol. The van der Waals surface area contributed by atoms with Crippen molar-refractivity contribution < 1.29 is 9.90 Å². The lowest BCUT2D eigenvalue weighted by Crippen LogP contribution is -2.08. The van der Waals surface area contributed by atoms with Gasteiger partial charge in [-0.2, -0.15) is 0 Å². The molecule has 0 spiro atoms. The number of hydrogen-bond donors (Lipinski definition) is 2. The quantitative estimate of drug-likeness (QED) is 0.868. The SMILES string of the molecule is Cc1ccc(-c2nc3c([nH]2)CCC3C(=O)O)cc1C. The second-order valence-electron chi connectivity index (χ2n) is 5.18. The van der Waals surface area contributed by atoms with Crippen molar-refractivity contribution in [1.29, 1.82) is 0 Å². The van der Waals surface area contributed by atoms with Crippen LogP contribution in [0.25, 0.3) is 11.4 Å². The Kier molecular flexibility index (Phi) is 2.66. The van der Waals surface area contributed by atoms with E-state index in [-0.39, 0.29) is 0 Å². The van der Waals surface area contributed by atoms with Gasteiger partial charge < -0.3 is 10.1 Å². The predicted octanol–water partition coefficient (Wildman–Crippen LogP) is 2.81. The van der Waals surface area contributed by atoms with Crippen molar-refractivity contribution in [3.63, 3.8) is 0 Å². The van der Waals surface area contributed by atoms with E-state index in [0.29, 0.717) is 12.1 Å². The van der Waals surface area contributed by atoms with E-state index >= 15 is 0 Å². The van der Waals surface area contributed by atoms with Gasteiger partial charge in [-0.25, -0.2) is 4.98 Å². The highest BCUT2D eigenvalue weighted by Gasteiger charge is 2.32. The Labute approximate surface area is 111 Å². The zero-order chi connectivity index (χ0) is 13.6. The maximum Gasteiger partial charge on any atom is 0.312 e. The molecule has 1 aliphatic rings. The van der Waals surface area contributed by atoms with Crippen LogP contribution in [0.3, 0.4) is 0 Å². The highest BCUT2D eigenvalue weighted by molar-refractivity contribution is 5.77. The number of fused-ring (bicyclic) bond motifs is 1. The van der Waals surface area contributed by atoms with Crippen LogP contribution < -0.4 is 0 Å². The molecule has 0 aliphatic heterocycles. The van der Waals surface area contributed by atoms with Crippen LogP contribution in [0, 0.1) is 13.8 Å². The predicted molar refractivity (Wildman–Crippen MR) is 72.2 cm³/mol. The van der Waals surface area contributed by atoms with Crippen LogP contribution in [0.5, 0.6) is 0 Å². The number of H-pyrrole nitrogens is 1. The molecule has 1 aliphatic carbocycles. The summed E-state index contributed by atoms with van der Waals surface area (Å²) in [6.45, 7) is 4.14. The number of carbonyl (C=O) groups is 1. The van der Waals surface area contributed by atoms with Gasteiger partial charge in [0.15, 0.2) is 0 Å². The van der Waals surface area contributed by atoms with Crippen LogP contribution in [0.4, 0.5) is 0 Å². The van der Waals surface area contributed by atoms with E-state index in [1.165, 1.54) is 11.1 Å². The molecule has 1 heterocycles. The number of aromatic amines is 1. The molecule has 0 saturated carbocycles. The molecule has 0 saturated heterocycles. The molecule has 0 amide bonds. The highest BCUT2D eigenvalue weighted by Crippen LogP contribution is 2.33. The Morgan fingerprint density at radius 3 is 2.84 bits per heavy atom. The number of carboxylic acid groups (broad SMARTS) is 1. The van der Waals surface area contributed by atoms with Crippen LogP contribution in [0.1, 0.15) is 34.9 Å². The first-order valence-corrected chi connectivity index (χ1v) is 6.45. The summed E-state index contributed by atoms with van der Waals surface area (Å²) in [6, 6.07) is 6.16. The smallest absolute Gasteiger partial charge is 0.312 e. The Bertz CT molecular complexity index is 658. The van der Waals surface area contributed by atoms with Gasteiger partial charge in [0.25, 0.3) is 0 Å². The van der Waals surface area contributed by atoms with Gasteiger partial charge in [-0.3, -0.25) is 4.79 Å². The second-order valence-corrected chi connectivity index (χ2v) is 5.18. The third-order valence-electron chi connectivity index (χ3n) is 3.90. The highest BCUT2D eigenvalue weighted by atomic mass is 16.4. The minimum Gasteiger partial charge on any atom is -0.481 e. The summed E-state index contributed by atoms with van der Waals surface area (Å²) in [5, 5.41) is 9.17. The fraction of sp³-hybridized carbons (Fsp3) is 0.333. The lowest BCUT2D eigenvalue weighted by Gasteiger charge is -2.04. The van der Waals surface area contributed by atoms with E-state index in [9.17, 15) is 4.79 Å². The number of aromatic nitrogens is 2. The van der Waals surface area contributed by atoms with Crippen molar-refractivity contribution in [1.82, 2.24) is 9.97 Å². The summed E-state index contributed by atoms with van der Waals surface area (Å²) in [4.78, 5) is 18.9. The number of rotatable bonds is 2. The molecule has 1 aromatic heterocycles. The molecule has 0 fully saturated rings. The summed E-state index contributed by atoms with van der Waals surface area (Å²) < 4.78 is 0. The summed E-state index contributed by atoms with van der Waals surface area (Å²) in [7, 11) is 0. The maximum absolute atomic E-state index is 11.2. The van der Waals surface area contributed by atoms with E-state index in [4.69, 9.17) is 5.11 Å². The van der Waals surface area contributed by atoms with E-state index in [1.54, 1.807) is 0 Å². The second kappa shape index (κ2) is 4.23. The molecule has 98 valence electrons. The van der Waals surface area contributed by atoms with Crippen molar-refractivity contribution >= 4 is 5.97 Å². The molecule has 2 N–H and O–H groups in total. The minimum atomic E-state index is -0.781. The maximum atomic E-state index is 11.2. The van der Waals surface area contributed by atoms with Gasteiger partial charge in [0.05, 0.1) is 5.69 Å². The van der Waals surface area contributed by atoms with Crippen molar-refractivity contribution in [2.45, 2.75) is 32.6 Å². The van der Waals surface area contributed by atoms with E-state index in [1.807, 2.05) is 6.07 Å². The van der Waals surface area contributed by atoms with Crippen LogP contribution >= 0.6 is 0 Å². The van der Waals surface area contributed by atoms with Crippen LogP contribution in [0.15, 0.2) is 18.2 Å². The number of aryl methyl sites for hydroxylation is 3. The third-order valence-corrected chi connectivity index (χ3v) is 3.90. The Morgan fingerprint density at radius 2 is 2.16 bits per heavy atom. The molecule has 1 aromatic carbocycles. The average Bonchev–Trinajstić information content (AvgIpc) is 2.91. The van der Waals surface area contributed by atoms with Gasteiger partial charge in [0, 0.05) is 11.3 Å². The molecule has 1 unspecified atom stereocenters. The van der Waals surface area contributed by atoms with Crippen molar-refractivity contribution in [2.75, 3.05) is 0 Å². The van der Waals surface area contributed by atoms with Crippen LogP contribution in [-0.2, 0) is 11.2 Å². The minimum absolute atomic E-state index is 0.452. The third kappa shape index (κ3) is 1.93. The Hall–Kier alpha value is -2.10. The number of imidazole rings is 1. The Balaban J connectivity index is 2.02. The molecular formula is C15H16N2O2. The molecule has 19 heavy (non-hydrogen) atoms. The fourth-order valence-corrected chi connectivity index (χ4v) is 2.59. The van der Waals surface area contributed by atoms with E-state index in [2.05, 4.69) is 35.9 Å². The first kappa shape index (κ1) is 12.0. The number of hydrogen-bond acceptors (Lipinski definition) is 2. The van der Waals surface area contributed by atoms with E-state index in [0.717, 1.165) is 23.5 Å². The topological polar surface area (TPSA) is 66.0 Å². The first-order valence-electron chi connectivity index (χ1n) is 6.45. The summed E-state index contributed by atoms with van der Waals surface area (Å²) in [5.74, 6) is -0.456. The van der Waals surface area contributed by atoms with Gasteiger partial charge in [-0.05, 0) is 43.9 Å². The summed E-state index contributed by atoms with van der Waals surface area (Å²) in [5.41, 5.74) is 5.15. The molecule has 1 atom stereocenters. The van der Waals surface area contributed by atoms with Crippen molar-refractivity contribution in [2.24, 2.45) is 0 Å². The Morgan fingerprint density at radius 1 is 1.37 bits per heavy atom. The molecule has 4 nitrogen and oxygen atoms in total. The molecule has 2 aromatic rings. The summed E-state index contributed by atoms with van der Waals surface area (Å²) in [6.07, 6.45) is 1.42. The number of carboxylic acids is 1. The zero-order valence-corrected chi connectivity index (χ0v) is 11.0. The first-order chi connectivity index (χ1) is 9.06. The fourth-order valence-electron chi connectivity index (χ4n) is 2.59. The molecule has 4 heteroatoms. The van der Waals surface area contributed by atoms with Gasteiger partial charge in [-0.15, -0.1) is 0 Å². The normalized spacial score (nSPS) is 17.5.